The van der Waals surface area contributed by atoms with Crippen molar-refractivity contribution in [2.24, 2.45) is 29.4 Å². The van der Waals surface area contributed by atoms with Crippen LogP contribution in [-0.2, 0) is 6.54 Å². The monoisotopic (exact) mass is 260 g/mol. The molecule has 3 fully saturated rings. The van der Waals surface area contributed by atoms with E-state index in [0.29, 0.717) is 24.8 Å². The molecule has 1 aromatic rings. The minimum atomic E-state index is -0.0189. The first-order valence-corrected chi connectivity index (χ1v) is 7.30. The summed E-state index contributed by atoms with van der Waals surface area (Å²) >= 11 is 0. The number of nitrogens with two attached hydrogens (primary N) is 1. The van der Waals surface area contributed by atoms with Gasteiger partial charge in [0.2, 0.25) is 0 Å². The second kappa shape index (κ2) is 4.07. The molecule has 0 saturated heterocycles. The normalized spacial score (nSPS) is 38.3. The van der Waals surface area contributed by atoms with Gasteiger partial charge in [-0.3, -0.25) is 4.79 Å². The maximum atomic E-state index is 12.2. The quantitative estimate of drug-likeness (QED) is 0.833. The van der Waals surface area contributed by atoms with Gasteiger partial charge in [-0.05, 0) is 42.9 Å². The number of aromatic nitrogens is 2. The first-order chi connectivity index (χ1) is 9.28. The highest BCUT2D eigenvalue weighted by Crippen LogP contribution is 2.65. The van der Waals surface area contributed by atoms with Gasteiger partial charge < -0.3 is 15.6 Å². The molecule has 102 valence electrons. The summed E-state index contributed by atoms with van der Waals surface area (Å²) in [5.74, 6) is 3.29. The number of hydrogen-bond donors (Lipinski definition) is 2. The molecule has 1 aromatic heterocycles. The lowest BCUT2D eigenvalue weighted by atomic mass is 10.0. The number of hydrogen-bond acceptors (Lipinski definition) is 3. The third-order valence-electron chi connectivity index (χ3n) is 5.29. The van der Waals surface area contributed by atoms with Crippen LogP contribution in [0.2, 0.25) is 0 Å². The molecule has 4 rings (SSSR count). The van der Waals surface area contributed by atoms with Gasteiger partial charge in [0, 0.05) is 25.3 Å². The van der Waals surface area contributed by atoms with Gasteiger partial charge in [0.15, 0.2) is 0 Å². The fourth-order valence-corrected chi connectivity index (χ4v) is 4.49. The molecule has 0 aromatic carbocycles. The van der Waals surface area contributed by atoms with Gasteiger partial charge in [-0.15, -0.1) is 0 Å². The summed E-state index contributed by atoms with van der Waals surface area (Å²) < 4.78 is 1.87. The van der Waals surface area contributed by atoms with E-state index in [1.807, 2.05) is 4.57 Å². The van der Waals surface area contributed by atoms with Crippen molar-refractivity contribution in [2.45, 2.75) is 31.8 Å². The minimum Gasteiger partial charge on any atom is -0.347 e. The zero-order valence-corrected chi connectivity index (χ0v) is 11.0. The molecular weight excluding hydrogens is 240 g/mol. The summed E-state index contributed by atoms with van der Waals surface area (Å²) in [4.78, 5) is 16.3. The summed E-state index contributed by atoms with van der Waals surface area (Å²) in [6.45, 7) is 1.27. The Morgan fingerprint density at radius 3 is 2.84 bits per heavy atom. The highest BCUT2D eigenvalue weighted by molar-refractivity contribution is 5.92. The average Bonchev–Trinajstić information content (AvgIpc) is 2.83. The molecule has 2 bridgehead atoms. The molecule has 3 saturated carbocycles. The predicted molar refractivity (Wildman–Crippen MR) is 70.3 cm³/mol. The molecule has 0 radical (unpaired) electrons. The van der Waals surface area contributed by atoms with Crippen LogP contribution in [0, 0.1) is 23.7 Å². The van der Waals surface area contributed by atoms with Gasteiger partial charge in [0.05, 0.1) is 6.33 Å². The third-order valence-corrected chi connectivity index (χ3v) is 5.29. The molecule has 0 aliphatic heterocycles. The second-order valence-corrected chi connectivity index (χ2v) is 6.27. The fraction of sp³-hybridized carbons (Fsp3) is 0.714. The Hall–Kier alpha value is -1.36. The van der Waals surface area contributed by atoms with Gasteiger partial charge in [-0.25, -0.2) is 4.98 Å². The molecule has 4 atom stereocenters. The van der Waals surface area contributed by atoms with Crippen LogP contribution >= 0.6 is 0 Å². The van der Waals surface area contributed by atoms with Crippen LogP contribution in [0.5, 0.6) is 0 Å². The van der Waals surface area contributed by atoms with Gasteiger partial charge in [-0.1, -0.05) is 0 Å². The molecular formula is C14H20N4O. The van der Waals surface area contributed by atoms with E-state index >= 15 is 0 Å². The van der Waals surface area contributed by atoms with E-state index in [4.69, 9.17) is 5.73 Å². The number of rotatable bonds is 4. The first-order valence-electron chi connectivity index (χ1n) is 7.30. The summed E-state index contributed by atoms with van der Waals surface area (Å²) in [7, 11) is 0. The second-order valence-electron chi connectivity index (χ2n) is 6.27. The van der Waals surface area contributed by atoms with Crippen LogP contribution in [-0.4, -0.2) is 28.0 Å². The van der Waals surface area contributed by atoms with Gasteiger partial charge >= 0.3 is 0 Å². The van der Waals surface area contributed by atoms with E-state index in [0.717, 1.165) is 23.7 Å². The Bertz CT molecular complexity index is 495. The van der Waals surface area contributed by atoms with Crippen molar-refractivity contribution in [3.63, 3.8) is 0 Å². The summed E-state index contributed by atoms with van der Waals surface area (Å²) in [5.41, 5.74) is 6.01. The molecule has 3 aliphatic rings. The molecule has 19 heavy (non-hydrogen) atoms. The highest BCUT2D eigenvalue weighted by atomic mass is 16.2. The van der Waals surface area contributed by atoms with E-state index in [1.54, 1.807) is 12.5 Å². The van der Waals surface area contributed by atoms with Crippen LogP contribution < -0.4 is 11.1 Å². The van der Waals surface area contributed by atoms with Crippen LogP contribution in [0.4, 0.5) is 0 Å². The molecule has 3 aliphatic carbocycles. The Morgan fingerprint density at radius 2 is 2.16 bits per heavy atom. The number of amides is 1. The van der Waals surface area contributed by atoms with E-state index in [2.05, 4.69) is 10.3 Å². The van der Waals surface area contributed by atoms with Gasteiger partial charge in [0.25, 0.3) is 5.91 Å². The Morgan fingerprint density at radius 1 is 1.42 bits per heavy atom. The number of nitrogens with zero attached hydrogens (tertiary/aromatic N) is 2. The lowest BCUT2D eigenvalue weighted by molar-refractivity contribution is 0.0939. The van der Waals surface area contributed by atoms with Crippen molar-refractivity contribution < 1.29 is 4.79 Å². The maximum absolute atomic E-state index is 12.2. The SMILES string of the molecule is NCCn1cnc(C(=O)NC2C3C4CCC(C4)C23)c1. The van der Waals surface area contributed by atoms with Crippen LogP contribution in [0.15, 0.2) is 12.5 Å². The van der Waals surface area contributed by atoms with Crippen molar-refractivity contribution in [1.82, 2.24) is 14.9 Å². The summed E-state index contributed by atoms with van der Waals surface area (Å²) in [6.07, 6.45) is 7.63. The lowest BCUT2D eigenvalue weighted by Gasteiger charge is -2.09. The molecule has 1 amide bonds. The molecule has 5 heteroatoms. The first kappa shape index (κ1) is 11.5. The van der Waals surface area contributed by atoms with E-state index in [1.165, 1.54) is 19.3 Å². The smallest absolute Gasteiger partial charge is 0.271 e. The number of carbonyl (C=O) groups is 1. The van der Waals surface area contributed by atoms with Crippen LogP contribution in [0.3, 0.4) is 0 Å². The average molecular weight is 260 g/mol. The van der Waals surface area contributed by atoms with Crippen LogP contribution in [0.1, 0.15) is 29.8 Å². The van der Waals surface area contributed by atoms with Crippen molar-refractivity contribution in [1.29, 1.82) is 0 Å². The highest BCUT2D eigenvalue weighted by Gasteiger charge is 2.65. The molecule has 1 heterocycles. The zero-order chi connectivity index (χ0) is 13.0. The number of imidazole rings is 1. The minimum absolute atomic E-state index is 0.0189. The fourth-order valence-electron chi connectivity index (χ4n) is 4.49. The zero-order valence-electron chi connectivity index (χ0n) is 11.0. The van der Waals surface area contributed by atoms with Gasteiger partial charge in [-0.2, -0.15) is 0 Å². The number of carbonyl (C=O) groups excluding carboxylic acids is 1. The molecule has 4 unspecified atom stereocenters. The molecule has 5 nitrogen and oxygen atoms in total. The third kappa shape index (κ3) is 1.71. The topological polar surface area (TPSA) is 72.9 Å². The van der Waals surface area contributed by atoms with Gasteiger partial charge in [0.1, 0.15) is 5.69 Å². The van der Waals surface area contributed by atoms with Crippen molar-refractivity contribution >= 4 is 5.91 Å². The predicted octanol–water partition coefficient (Wildman–Crippen LogP) is 0.616. The van der Waals surface area contributed by atoms with Crippen molar-refractivity contribution in [3.05, 3.63) is 18.2 Å². The largest absolute Gasteiger partial charge is 0.347 e. The van der Waals surface area contributed by atoms with Crippen LogP contribution in [0.25, 0.3) is 0 Å². The summed E-state index contributed by atoms with van der Waals surface area (Å²) in [5, 5.41) is 3.18. The maximum Gasteiger partial charge on any atom is 0.271 e. The Balaban J connectivity index is 1.39. The van der Waals surface area contributed by atoms with E-state index < -0.39 is 0 Å². The van der Waals surface area contributed by atoms with E-state index in [9.17, 15) is 4.79 Å². The standard InChI is InChI=1S/C14H20N4O/c15-3-4-18-6-10(16-7-18)14(19)17-13-11-8-1-2-9(5-8)12(11)13/h6-9,11-13H,1-5,15H2,(H,17,19). The number of fused-ring (bicyclic) bond motifs is 5. The molecule has 0 spiro atoms. The Labute approximate surface area is 112 Å². The molecule has 3 N–H and O–H groups in total. The lowest BCUT2D eigenvalue weighted by Crippen LogP contribution is -2.30. The number of nitrogens with one attached hydrogen (secondary N) is 1. The van der Waals surface area contributed by atoms with Crippen molar-refractivity contribution in [3.8, 4) is 0 Å². The van der Waals surface area contributed by atoms with Crippen molar-refractivity contribution in [2.75, 3.05) is 6.54 Å². The summed E-state index contributed by atoms with van der Waals surface area (Å²) in [6, 6.07) is 0.429. The van der Waals surface area contributed by atoms with E-state index in [-0.39, 0.29) is 5.91 Å². The Kier molecular flexibility index (Phi) is 2.45.